The zero-order valence-electron chi connectivity index (χ0n) is 18.0. The average Bonchev–Trinajstić information content (AvgIpc) is 3.35. The quantitative estimate of drug-likeness (QED) is 0.331. The summed E-state index contributed by atoms with van der Waals surface area (Å²) in [6.45, 7) is -1.32. The van der Waals surface area contributed by atoms with Crippen molar-refractivity contribution in [2.24, 2.45) is 4.99 Å². The normalized spacial score (nSPS) is 11.9. The lowest BCUT2D eigenvalue weighted by molar-refractivity contribution is 0.146. The summed E-state index contributed by atoms with van der Waals surface area (Å²) in [7, 11) is 0. The van der Waals surface area contributed by atoms with Crippen LogP contribution in [0.4, 0.5) is 10.1 Å². The monoisotopic (exact) mass is 503 g/mol. The van der Waals surface area contributed by atoms with Crippen molar-refractivity contribution in [2.45, 2.75) is 12.6 Å². The SMILES string of the molecule is O=c1[nH]/c(=N\c2ccc(Oc3ccon3)c(F)c2)n(Cc2ccc(Cl)cc2)c(=O)n1C(CO)CO. The fourth-order valence-corrected chi connectivity index (χ4v) is 3.33. The highest BCUT2D eigenvalue weighted by Crippen LogP contribution is 2.26. The minimum absolute atomic E-state index is 0.0367. The van der Waals surface area contributed by atoms with Gasteiger partial charge in [0.15, 0.2) is 11.6 Å². The minimum atomic E-state index is -1.16. The second kappa shape index (κ2) is 10.5. The third-order valence-electron chi connectivity index (χ3n) is 4.95. The van der Waals surface area contributed by atoms with Crippen molar-refractivity contribution in [1.82, 2.24) is 19.3 Å². The van der Waals surface area contributed by atoms with Crippen LogP contribution in [0.15, 0.2) is 73.9 Å². The predicted octanol–water partition coefficient (Wildman–Crippen LogP) is 1.72. The molecular weight excluding hydrogens is 485 g/mol. The number of aliphatic hydroxyl groups excluding tert-OH is 2. The van der Waals surface area contributed by atoms with Crippen LogP contribution in [0.5, 0.6) is 11.6 Å². The molecule has 0 saturated heterocycles. The van der Waals surface area contributed by atoms with Gasteiger partial charge < -0.3 is 19.5 Å². The van der Waals surface area contributed by atoms with E-state index in [1.807, 2.05) is 0 Å². The van der Waals surface area contributed by atoms with E-state index in [2.05, 4.69) is 19.7 Å². The Hall–Kier alpha value is -4.00. The standard InChI is InChI=1S/C22H19ClFN5O6/c23-14-3-1-13(2-4-14)10-28-20(26-21(32)29(22(28)33)16(11-30)12-31)25-15-5-6-18(17(24)9-15)35-19-7-8-34-27-19/h1-9,16,30-31H,10-12H2,(H,25,26,32). The third-order valence-corrected chi connectivity index (χ3v) is 5.20. The van der Waals surface area contributed by atoms with Crippen molar-refractivity contribution in [2.75, 3.05) is 13.2 Å². The Morgan fingerprint density at radius 2 is 1.89 bits per heavy atom. The molecule has 0 fully saturated rings. The van der Waals surface area contributed by atoms with E-state index in [-0.39, 0.29) is 29.5 Å². The number of ether oxygens (including phenoxy) is 1. The highest BCUT2D eigenvalue weighted by Gasteiger charge is 2.18. The molecule has 11 nitrogen and oxygen atoms in total. The molecule has 4 rings (SSSR count). The van der Waals surface area contributed by atoms with Crippen molar-refractivity contribution >= 4 is 17.3 Å². The topological polar surface area (TPSA) is 148 Å². The molecule has 0 radical (unpaired) electrons. The highest BCUT2D eigenvalue weighted by molar-refractivity contribution is 6.30. The molecule has 0 saturated carbocycles. The summed E-state index contributed by atoms with van der Waals surface area (Å²) >= 11 is 5.93. The van der Waals surface area contributed by atoms with Gasteiger partial charge in [-0.1, -0.05) is 23.7 Å². The van der Waals surface area contributed by atoms with E-state index >= 15 is 0 Å². The van der Waals surface area contributed by atoms with Gasteiger partial charge in [-0.2, -0.15) is 0 Å². The molecule has 13 heteroatoms. The summed E-state index contributed by atoms with van der Waals surface area (Å²) in [5, 5.41) is 23.1. The first-order chi connectivity index (χ1) is 16.9. The van der Waals surface area contributed by atoms with Crippen LogP contribution in [-0.4, -0.2) is 42.7 Å². The summed E-state index contributed by atoms with van der Waals surface area (Å²) in [5.74, 6) is -0.844. The van der Waals surface area contributed by atoms with Crippen molar-refractivity contribution in [3.05, 3.63) is 97.8 Å². The second-order valence-electron chi connectivity index (χ2n) is 7.30. The number of rotatable bonds is 8. The van der Waals surface area contributed by atoms with Crippen molar-refractivity contribution < 1.29 is 23.9 Å². The number of aromatic amines is 1. The summed E-state index contributed by atoms with van der Waals surface area (Å²) in [4.78, 5) is 32.6. The van der Waals surface area contributed by atoms with Crippen LogP contribution < -0.4 is 21.7 Å². The van der Waals surface area contributed by atoms with Gasteiger partial charge >= 0.3 is 11.4 Å². The Labute approximate surface area is 200 Å². The molecule has 0 amide bonds. The first kappa shape index (κ1) is 24.1. The van der Waals surface area contributed by atoms with Crippen molar-refractivity contribution in [3.8, 4) is 11.6 Å². The Bertz CT molecular complexity index is 1490. The molecule has 4 aromatic rings. The molecule has 182 valence electrons. The molecule has 0 aliphatic rings. The molecular formula is C22H19ClFN5O6. The van der Waals surface area contributed by atoms with Gasteiger partial charge in [-0.05, 0) is 35.0 Å². The van der Waals surface area contributed by atoms with Gasteiger partial charge in [-0.15, -0.1) is 0 Å². The number of hydrogen-bond acceptors (Lipinski definition) is 8. The first-order valence-electron chi connectivity index (χ1n) is 10.2. The van der Waals surface area contributed by atoms with Gasteiger partial charge in [0, 0.05) is 17.2 Å². The summed E-state index contributed by atoms with van der Waals surface area (Å²) in [6.07, 6.45) is 1.27. The number of benzene rings is 2. The molecule has 0 unspecified atom stereocenters. The minimum Gasteiger partial charge on any atom is -0.433 e. The lowest BCUT2D eigenvalue weighted by Crippen LogP contribution is -2.52. The highest BCUT2D eigenvalue weighted by atomic mass is 35.5. The lowest BCUT2D eigenvalue weighted by atomic mass is 10.2. The molecule has 0 atom stereocenters. The fraction of sp³-hybridized carbons (Fsp3) is 0.182. The van der Waals surface area contributed by atoms with E-state index in [4.69, 9.17) is 16.3 Å². The molecule has 2 aromatic heterocycles. The van der Waals surface area contributed by atoms with E-state index in [0.717, 1.165) is 10.6 Å². The van der Waals surface area contributed by atoms with Gasteiger partial charge in [-0.3, -0.25) is 9.55 Å². The smallest absolute Gasteiger partial charge is 0.335 e. The molecule has 0 aliphatic carbocycles. The molecule has 3 N–H and O–H groups in total. The third kappa shape index (κ3) is 5.40. The van der Waals surface area contributed by atoms with Crippen LogP contribution in [0, 0.1) is 5.82 Å². The molecule has 0 spiro atoms. The number of nitrogens with one attached hydrogen (secondary N) is 1. The maximum absolute atomic E-state index is 14.6. The molecule has 0 bridgehead atoms. The van der Waals surface area contributed by atoms with Crippen LogP contribution in [0.1, 0.15) is 11.6 Å². The van der Waals surface area contributed by atoms with Crippen LogP contribution >= 0.6 is 11.6 Å². The molecule has 35 heavy (non-hydrogen) atoms. The van der Waals surface area contributed by atoms with Crippen LogP contribution in [-0.2, 0) is 6.54 Å². The summed E-state index contributed by atoms with van der Waals surface area (Å²) in [5.41, 5.74) is -1.18. The van der Waals surface area contributed by atoms with Gasteiger partial charge in [0.2, 0.25) is 5.62 Å². The Morgan fingerprint density at radius 1 is 1.14 bits per heavy atom. The Morgan fingerprint density at radius 3 is 2.51 bits per heavy atom. The zero-order valence-corrected chi connectivity index (χ0v) is 18.7. The largest absolute Gasteiger partial charge is 0.433 e. The van der Waals surface area contributed by atoms with Crippen molar-refractivity contribution in [3.63, 3.8) is 0 Å². The number of nitrogens with zero attached hydrogens (tertiary/aromatic N) is 4. The predicted molar refractivity (Wildman–Crippen MR) is 121 cm³/mol. The van der Waals surface area contributed by atoms with E-state index < -0.39 is 36.5 Å². The van der Waals surface area contributed by atoms with Crippen LogP contribution in [0.2, 0.25) is 5.02 Å². The lowest BCUT2D eigenvalue weighted by Gasteiger charge is -2.16. The van der Waals surface area contributed by atoms with Crippen LogP contribution in [0.25, 0.3) is 0 Å². The molecule has 2 heterocycles. The van der Waals surface area contributed by atoms with Gasteiger partial charge in [0.25, 0.3) is 5.88 Å². The van der Waals surface area contributed by atoms with E-state index in [1.54, 1.807) is 24.3 Å². The van der Waals surface area contributed by atoms with E-state index in [9.17, 15) is 24.2 Å². The summed E-state index contributed by atoms with van der Waals surface area (Å²) < 4.78 is 26.3. The Kier molecular flexibility index (Phi) is 7.25. The van der Waals surface area contributed by atoms with Crippen LogP contribution in [0.3, 0.4) is 0 Å². The number of H-pyrrole nitrogens is 1. The van der Waals surface area contributed by atoms with Gasteiger partial charge in [0.05, 0.1) is 31.5 Å². The fourth-order valence-electron chi connectivity index (χ4n) is 3.21. The first-order valence-corrected chi connectivity index (χ1v) is 10.6. The molecule has 0 aliphatic heterocycles. The molecule has 2 aromatic carbocycles. The number of aromatic nitrogens is 4. The Balaban J connectivity index is 1.82. The van der Waals surface area contributed by atoms with E-state index in [1.165, 1.54) is 24.5 Å². The number of hydrogen-bond donors (Lipinski definition) is 3. The number of aliphatic hydroxyl groups is 2. The number of halogens is 2. The average molecular weight is 504 g/mol. The van der Waals surface area contributed by atoms with Gasteiger partial charge in [0.1, 0.15) is 6.26 Å². The zero-order chi connectivity index (χ0) is 24.9. The maximum atomic E-state index is 14.6. The van der Waals surface area contributed by atoms with Crippen molar-refractivity contribution in [1.29, 1.82) is 0 Å². The van der Waals surface area contributed by atoms with Gasteiger partial charge in [-0.25, -0.2) is 23.5 Å². The summed E-state index contributed by atoms with van der Waals surface area (Å²) in [6, 6.07) is 10.6. The maximum Gasteiger partial charge on any atom is 0.335 e. The second-order valence-corrected chi connectivity index (χ2v) is 7.74. The van der Waals surface area contributed by atoms with E-state index in [0.29, 0.717) is 15.2 Å².